The minimum atomic E-state index is -0.608. The van der Waals surface area contributed by atoms with Crippen molar-refractivity contribution in [3.05, 3.63) is 22.5 Å². The van der Waals surface area contributed by atoms with Gasteiger partial charge in [0, 0.05) is 5.69 Å². The van der Waals surface area contributed by atoms with Gasteiger partial charge in [-0.25, -0.2) is 4.79 Å². The first-order chi connectivity index (χ1) is 9.44. The van der Waals surface area contributed by atoms with Crippen LogP contribution in [0.3, 0.4) is 0 Å². The number of methoxy groups -OCH3 is 3. The highest BCUT2D eigenvalue weighted by Crippen LogP contribution is 2.22. The molecule has 1 aromatic rings. The second-order valence-electron chi connectivity index (χ2n) is 4.08. The number of carbonyl (C=O) groups is 3. The number of aromatic nitrogens is 1. The Labute approximate surface area is 116 Å². The molecule has 0 aliphatic heterocycles. The molecule has 7 nitrogen and oxygen atoms in total. The van der Waals surface area contributed by atoms with E-state index in [1.54, 1.807) is 6.92 Å². The molecule has 0 unspecified atom stereocenters. The molecule has 0 amide bonds. The third kappa shape index (κ3) is 3.37. The molecule has 1 N–H and O–H groups in total. The van der Waals surface area contributed by atoms with Gasteiger partial charge in [0.25, 0.3) is 0 Å². The maximum atomic E-state index is 11.7. The Morgan fingerprint density at radius 3 is 1.85 bits per heavy atom. The van der Waals surface area contributed by atoms with Gasteiger partial charge in [-0.15, -0.1) is 0 Å². The Morgan fingerprint density at radius 1 is 0.900 bits per heavy atom. The first-order valence-electron chi connectivity index (χ1n) is 5.86. The van der Waals surface area contributed by atoms with Gasteiger partial charge in [-0.1, -0.05) is 0 Å². The molecule has 0 aliphatic carbocycles. The molecule has 0 radical (unpaired) electrons. The van der Waals surface area contributed by atoms with Gasteiger partial charge in [-0.2, -0.15) is 0 Å². The number of aromatic amines is 1. The molecular formula is C13H17NO6. The summed E-state index contributed by atoms with van der Waals surface area (Å²) >= 11 is 0. The Balaban J connectivity index is 3.26. The van der Waals surface area contributed by atoms with Gasteiger partial charge in [-0.3, -0.25) is 9.59 Å². The Kier molecular flexibility index (Phi) is 5.31. The first-order valence-corrected chi connectivity index (χ1v) is 5.86. The maximum absolute atomic E-state index is 11.7. The number of esters is 3. The van der Waals surface area contributed by atoms with E-state index in [2.05, 4.69) is 19.2 Å². The third-order valence-corrected chi connectivity index (χ3v) is 2.92. The molecule has 0 saturated heterocycles. The summed E-state index contributed by atoms with van der Waals surface area (Å²) in [4.78, 5) is 37.4. The summed E-state index contributed by atoms with van der Waals surface area (Å²) in [6.45, 7) is 1.70. The highest BCUT2D eigenvalue weighted by molar-refractivity contribution is 5.92. The van der Waals surface area contributed by atoms with E-state index in [1.165, 1.54) is 21.3 Å². The predicted octanol–water partition coefficient (Wildman–Crippen LogP) is 0.541. The standard InChI is InChI=1S/C13H17NO6/c1-7-8(5-10(15)18-2)9(6-11(16)19-3)12(14-7)13(17)20-4/h14H,5-6H2,1-4H3. The van der Waals surface area contributed by atoms with E-state index in [0.717, 1.165) is 0 Å². The van der Waals surface area contributed by atoms with Crippen molar-refractivity contribution in [2.75, 3.05) is 21.3 Å². The number of carbonyl (C=O) groups excluding carboxylic acids is 3. The molecule has 0 saturated carbocycles. The summed E-state index contributed by atoms with van der Waals surface area (Å²) in [7, 11) is 3.76. The average molecular weight is 283 g/mol. The number of rotatable bonds is 5. The monoisotopic (exact) mass is 283 g/mol. The van der Waals surface area contributed by atoms with Gasteiger partial charge in [0.1, 0.15) is 5.69 Å². The van der Waals surface area contributed by atoms with E-state index in [-0.39, 0.29) is 18.5 Å². The lowest BCUT2D eigenvalue weighted by atomic mass is 10.0. The van der Waals surface area contributed by atoms with Crippen LogP contribution >= 0.6 is 0 Å². The lowest BCUT2D eigenvalue weighted by Gasteiger charge is -2.05. The molecular weight excluding hydrogens is 266 g/mol. The lowest BCUT2D eigenvalue weighted by molar-refractivity contribution is -0.141. The molecule has 0 fully saturated rings. The fraction of sp³-hybridized carbons (Fsp3) is 0.462. The van der Waals surface area contributed by atoms with Crippen LogP contribution in [0, 0.1) is 6.92 Å². The number of aryl methyl sites for hydroxylation is 1. The molecule has 0 spiro atoms. The van der Waals surface area contributed by atoms with Gasteiger partial charge in [0.05, 0.1) is 34.2 Å². The quantitative estimate of drug-likeness (QED) is 0.626. The average Bonchev–Trinajstić information content (AvgIpc) is 2.74. The van der Waals surface area contributed by atoms with Gasteiger partial charge >= 0.3 is 17.9 Å². The summed E-state index contributed by atoms with van der Waals surface area (Å²) < 4.78 is 13.9. The summed E-state index contributed by atoms with van der Waals surface area (Å²) in [5, 5.41) is 0. The summed E-state index contributed by atoms with van der Waals surface area (Å²) in [5.74, 6) is -1.59. The highest BCUT2D eigenvalue weighted by atomic mass is 16.5. The topological polar surface area (TPSA) is 94.7 Å². The molecule has 0 aliphatic rings. The smallest absolute Gasteiger partial charge is 0.354 e. The molecule has 0 atom stereocenters. The summed E-state index contributed by atoms with van der Waals surface area (Å²) in [6, 6.07) is 0. The zero-order chi connectivity index (χ0) is 15.3. The summed E-state index contributed by atoms with van der Waals surface area (Å²) in [6.07, 6.45) is -0.167. The number of hydrogen-bond acceptors (Lipinski definition) is 6. The third-order valence-electron chi connectivity index (χ3n) is 2.92. The number of nitrogens with one attached hydrogen (secondary N) is 1. The van der Waals surface area contributed by atoms with E-state index >= 15 is 0 Å². The van der Waals surface area contributed by atoms with E-state index in [9.17, 15) is 14.4 Å². The fourth-order valence-electron chi connectivity index (χ4n) is 1.86. The van der Waals surface area contributed by atoms with Crippen LogP contribution in [0.4, 0.5) is 0 Å². The van der Waals surface area contributed by atoms with Crippen molar-refractivity contribution in [1.29, 1.82) is 0 Å². The SMILES string of the molecule is COC(=O)Cc1c(C)[nH]c(C(=O)OC)c1CC(=O)OC. The molecule has 0 aromatic carbocycles. The van der Waals surface area contributed by atoms with E-state index in [1.807, 2.05) is 0 Å². The number of ether oxygens (including phenoxy) is 3. The minimum absolute atomic E-state index is 0.0395. The van der Waals surface area contributed by atoms with Crippen molar-refractivity contribution in [2.45, 2.75) is 19.8 Å². The van der Waals surface area contributed by atoms with Crippen LogP contribution in [0.1, 0.15) is 27.3 Å². The maximum Gasteiger partial charge on any atom is 0.354 e. The van der Waals surface area contributed by atoms with Crippen LogP contribution in [0.5, 0.6) is 0 Å². The van der Waals surface area contributed by atoms with E-state index < -0.39 is 17.9 Å². The highest BCUT2D eigenvalue weighted by Gasteiger charge is 2.24. The lowest BCUT2D eigenvalue weighted by Crippen LogP contribution is -2.13. The van der Waals surface area contributed by atoms with Crippen LogP contribution in [0.2, 0.25) is 0 Å². The zero-order valence-electron chi connectivity index (χ0n) is 11.9. The largest absolute Gasteiger partial charge is 0.469 e. The number of H-pyrrole nitrogens is 1. The van der Waals surface area contributed by atoms with Gasteiger partial charge in [0.15, 0.2) is 0 Å². The van der Waals surface area contributed by atoms with Crippen molar-refractivity contribution in [3.63, 3.8) is 0 Å². The molecule has 110 valence electrons. The Morgan fingerprint density at radius 2 is 1.40 bits per heavy atom. The van der Waals surface area contributed by atoms with Crippen LogP contribution < -0.4 is 0 Å². The molecule has 0 bridgehead atoms. The van der Waals surface area contributed by atoms with Crippen molar-refractivity contribution in [1.82, 2.24) is 4.98 Å². The van der Waals surface area contributed by atoms with Crippen molar-refractivity contribution in [2.24, 2.45) is 0 Å². The predicted molar refractivity (Wildman–Crippen MR) is 68.3 cm³/mol. The molecule has 1 aromatic heterocycles. The second-order valence-corrected chi connectivity index (χ2v) is 4.08. The Hall–Kier alpha value is -2.31. The second kappa shape index (κ2) is 6.74. The Bertz CT molecular complexity index is 531. The molecule has 7 heteroatoms. The van der Waals surface area contributed by atoms with E-state index in [4.69, 9.17) is 0 Å². The van der Waals surface area contributed by atoms with Gasteiger partial charge in [-0.05, 0) is 18.1 Å². The molecule has 1 rings (SSSR count). The first kappa shape index (κ1) is 15.7. The van der Waals surface area contributed by atoms with Crippen LogP contribution in [0.15, 0.2) is 0 Å². The van der Waals surface area contributed by atoms with Crippen molar-refractivity contribution in [3.8, 4) is 0 Å². The van der Waals surface area contributed by atoms with E-state index in [0.29, 0.717) is 16.8 Å². The fourth-order valence-corrected chi connectivity index (χ4v) is 1.86. The molecule has 20 heavy (non-hydrogen) atoms. The van der Waals surface area contributed by atoms with Gasteiger partial charge in [0.2, 0.25) is 0 Å². The van der Waals surface area contributed by atoms with Crippen LogP contribution in [0.25, 0.3) is 0 Å². The van der Waals surface area contributed by atoms with Crippen molar-refractivity contribution >= 4 is 17.9 Å². The summed E-state index contributed by atoms with van der Waals surface area (Å²) in [5.41, 5.74) is 1.69. The molecule has 1 heterocycles. The van der Waals surface area contributed by atoms with Crippen LogP contribution in [-0.2, 0) is 36.6 Å². The van der Waals surface area contributed by atoms with Crippen LogP contribution in [-0.4, -0.2) is 44.2 Å². The van der Waals surface area contributed by atoms with Gasteiger partial charge < -0.3 is 19.2 Å². The van der Waals surface area contributed by atoms with Crippen molar-refractivity contribution < 1.29 is 28.6 Å². The zero-order valence-corrected chi connectivity index (χ0v) is 11.9. The minimum Gasteiger partial charge on any atom is -0.469 e. The normalized spacial score (nSPS) is 10.0. The number of hydrogen-bond donors (Lipinski definition) is 1.